The Morgan fingerprint density at radius 1 is 1.33 bits per heavy atom. The summed E-state index contributed by atoms with van der Waals surface area (Å²) in [5.41, 5.74) is 5.87. The van der Waals surface area contributed by atoms with E-state index in [0.29, 0.717) is 0 Å². The van der Waals surface area contributed by atoms with Crippen LogP contribution in [0.15, 0.2) is 35.2 Å². The number of primary amides is 1. The van der Waals surface area contributed by atoms with Crippen molar-refractivity contribution in [1.82, 2.24) is 0 Å². The second-order valence-electron chi connectivity index (χ2n) is 3.59. The molecule has 1 aromatic carbocycles. The summed E-state index contributed by atoms with van der Waals surface area (Å²) in [7, 11) is 0. The van der Waals surface area contributed by atoms with E-state index in [2.05, 4.69) is 0 Å². The van der Waals surface area contributed by atoms with Gasteiger partial charge in [0.25, 0.3) is 5.91 Å². The first-order valence-corrected chi connectivity index (χ1v) is 6.57. The van der Waals surface area contributed by atoms with Crippen LogP contribution < -0.4 is 5.73 Å². The summed E-state index contributed by atoms with van der Waals surface area (Å²) in [5.74, 6) is -1.25. The fourth-order valence-electron chi connectivity index (χ4n) is 1.15. The smallest absolute Gasteiger partial charge is 0.331 e. The number of esters is 1. The monoisotopic (exact) mass is 265 g/mol. The standard InChI is InChI=1S/C13H15NO3S/c1-9(13(14)16)17-12(15)8-5-10-3-6-11(18-2)7-4-10/h3-9H,1-2H3,(H2,14,16)/b8-5+/t9-/m1/s1. The summed E-state index contributed by atoms with van der Waals surface area (Å²) in [5, 5.41) is 0. The van der Waals surface area contributed by atoms with Crippen molar-refractivity contribution in [2.45, 2.75) is 17.9 Å². The van der Waals surface area contributed by atoms with Crippen molar-refractivity contribution in [1.29, 1.82) is 0 Å². The quantitative estimate of drug-likeness (QED) is 0.501. The largest absolute Gasteiger partial charge is 0.449 e. The van der Waals surface area contributed by atoms with Gasteiger partial charge in [0, 0.05) is 11.0 Å². The molecule has 2 N–H and O–H groups in total. The van der Waals surface area contributed by atoms with E-state index in [0.717, 1.165) is 10.5 Å². The molecule has 1 rings (SSSR count). The van der Waals surface area contributed by atoms with E-state index < -0.39 is 18.0 Å². The maximum Gasteiger partial charge on any atom is 0.331 e. The lowest BCUT2D eigenvalue weighted by atomic mass is 10.2. The molecule has 0 aliphatic rings. The molecule has 0 aliphatic heterocycles. The fraction of sp³-hybridized carbons (Fsp3) is 0.231. The molecule has 1 aromatic rings. The Hall–Kier alpha value is -1.75. The number of hydrogen-bond donors (Lipinski definition) is 1. The average molecular weight is 265 g/mol. The Balaban J connectivity index is 2.57. The molecule has 0 bridgehead atoms. The Bertz CT molecular complexity index is 454. The van der Waals surface area contributed by atoms with Crippen LogP contribution >= 0.6 is 11.8 Å². The number of hydrogen-bond acceptors (Lipinski definition) is 4. The van der Waals surface area contributed by atoms with Crippen molar-refractivity contribution < 1.29 is 14.3 Å². The van der Waals surface area contributed by atoms with Gasteiger partial charge in [-0.2, -0.15) is 0 Å². The number of thioether (sulfide) groups is 1. The number of benzene rings is 1. The minimum Gasteiger partial charge on any atom is -0.449 e. The highest BCUT2D eigenvalue weighted by Crippen LogP contribution is 2.15. The molecule has 5 heteroatoms. The molecule has 0 saturated carbocycles. The Labute approximate surface area is 110 Å². The van der Waals surface area contributed by atoms with E-state index in [1.165, 1.54) is 13.0 Å². The van der Waals surface area contributed by atoms with Gasteiger partial charge in [-0.05, 0) is 37.0 Å². The normalized spacial score (nSPS) is 12.3. The van der Waals surface area contributed by atoms with Crippen LogP contribution in [0.3, 0.4) is 0 Å². The predicted molar refractivity (Wildman–Crippen MR) is 72.0 cm³/mol. The van der Waals surface area contributed by atoms with Gasteiger partial charge in [-0.25, -0.2) is 4.79 Å². The zero-order chi connectivity index (χ0) is 13.5. The van der Waals surface area contributed by atoms with Crippen molar-refractivity contribution in [2.24, 2.45) is 5.73 Å². The van der Waals surface area contributed by atoms with Crippen LogP contribution in [0.1, 0.15) is 12.5 Å². The molecule has 0 spiro atoms. The number of amides is 1. The first-order chi connectivity index (χ1) is 8.52. The number of nitrogens with two attached hydrogens (primary N) is 1. The van der Waals surface area contributed by atoms with E-state index in [4.69, 9.17) is 10.5 Å². The summed E-state index contributed by atoms with van der Waals surface area (Å²) in [6.07, 6.45) is 3.97. The molecule has 18 heavy (non-hydrogen) atoms. The van der Waals surface area contributed by atoms with Crippen LogP contribution in [0.2, 0.25) is 0 Å². The molecule has 4 nitrogen and oxygen atoms in total. The van der Waals surface area contributed by atoms with E-state index in [9.17, 15) is 9.59 Å². The third kappa shape index (κ3) is 4.63. The highest BCUT2D eigenvalue weighted by atomic mass is 32.2. The molecule has 1 amide bonds. The third-order valence-corrected chi connectivity index (χ3v) is 2.96. The SMILES string of the molecule is CSc1ccc(/C=C/C(=O)O[C@H](C)C(N)=O)cc1. The van der Waals surface area contributed by atoms with Crippen LogP contribution in [0, 0.1) is 0 Å². The number of carbonyl (C=O) groups is 2. The minimum atomic E-state index is -0.916. The number of carbonyl (C=O) groups excluding carboxylic acids is 2. The molecule has 0 unspecified atom stereocenters. The summed E-state index contributed by atoms with van der Waals surface area (Å²) >= 11 is 1.65. The number of ether oxygens (including phenoxy) is 1. The molecule has 1 atom stereocenters. The molecule has 0 heterocycles. The Morgan fingerprint density at radius 2 is 1.94 bits per heavy atom. The van der Waals surface area contributed by atoms with E-state index in [1.807, 2.05) is 30.5 Å². The van der Waals surface area contributed by atoms with Crippen LogP contribution in [-0.2, 0) is 14.3 Å². The lowest BCUT2D eigenvalue weighted by molar-refractivity contribution is -0.148. The molecule has 96 valence electrons. The maximum atomic E-state index is 11.3. The van der Waals surface area contributed by atoms with Crippen LogP contribution in [0.4, 0.5) is 0 Å². The summed E-state index contributed by atoms with van der Waals surface area (Å²) in [4.78, 5) is 23.2. The zero-order valence-corrected chi connectivity index (χ0v) is 11.1. The van der Waals surface area contributed by atoms with Crippen LogP contribution in [0.25, 0.3) is 6.08 Å². The Kier molecular flexibility index (Phi) is 5.45. The predicted octanol–water partition coefficient (Wildman–Crippen LogP) is 1.84. The van der Waals surface area contributed by atoms with Crippen molar-refractivity contribution in [3.05, 3.63) is 35.9 Å². The van der Waals surface area contributed by atoms with E-state index >= 15 is 0 Å². The van der Waals surface area contributed by atoms with Crippen LogP contribution in [0.5, 0.6) is 0 Å². The lowest BCUT2D eigenvalue weighted by Crippen LogP contribution is -2.29. The molecule has 0 aliphatic carbocycles. The van der Waals surface area contributed by atoms with Gasteiger partial charge in [0.2, 0.25) is 0 Å². The molecule has 0 fully saturated rings. The molecule has 0 aromatic heterocycles. The fourth-order valence-corrected chi connectivity index (χ4v) is 1.56. The average Bonchev–Trinajstić information content (AvgIpc) is 2.36. The van der Waals surface area contributed by atoms with Gasteiger partial charge in [-0.3, -0.25) is 4.79 Å². The van der Waals surface area contributed by atoms with E-state index in [-0.39, 0.29) is 0 Å². The highest BCUT2D eigenvalue weighted by Gasteiger charge is 2.11. The van der Waals surface area contributed by atoms with E-state index in [1.54, 1.807) is 17.8 Å². The van der Waals surface area contributed by atoms with Gasteiger partial charge < -0.3 is 10.5 Å². The van der Waals surface area contributed by atoms with Gasteiger partial charge in [0.1, 0.15) is 0 Å². The highest BCUT2D eigenvalue weighted by molar-refractivity contribution is 7.98. The summed E-state index contributed by atoms with van der Waals surface area (Å²) in [6, 6.07) is 7.71. The maximum absolute atomic E-state index is 11.3. The van der Waals surface area contributed by atoms with Crippen molar-refractivity contribution in [3.8, 4) is 0 Å². The van der Waals surface area contributed by atoms with Gasteiger partial charge in [0.15, 0.2) is 6.10 Å². The minimum absolute atomic E-state index is 0.588. The zero-order valence-electron chi connectivity index (χ0n) is 10.3. The van der Waals surface area contributed by atoms with Gasteiger partial charge >= 0.3 is 5.97 Å². The second-order valence-corrected chi connectivity index (χ2v) is 4.47. The van der Waals surface area contributed by atoms with Gasteiger partial charge in [-0.15, -0.1) is 11.8 Å². The first kappa shape index (κ1) is 14.3. The molecular weight excluding hydrogens is 250 g/mol. The Morgan fingerprint density at radius 3 is 2.44 bits per heavy atom. The van der Waals surface area contributed by atoms with Crippen molar-refractivity contribution in [3.63, 3.8) is 0 Å². The topological polar surface area (TPSA) is 69.4 Å². The van der Waals surface area contributed by atoms with Crippen molar-refractivity contribution >= 4 is 29.7 Å². The van der Waals surface area contributed by atoms with Crippen molar-refractivity contribution in [2.75, 3.05) is 6.26 Å². The number of rotatable bonds is 5. The molecule has 0 radical (unpaired) electrons. The van der Waals surface area contributed by atoms with Gasteiger partial charge in [0.05, 0.1) is 0 Å². The second kappa shape index (κ2) is 6.86. The lowest BCUT2D eigenvalue weighted by Gasteiger charge is -2.06. The third-order valence-electron chi connectivity index (χ3n) is 2.22. The molecular formula is C13H15NO3S. The summed E-state index contributed by atoms with van der Waals surface area (Å²) in [6.45, 7) is 1.43. The first-order valence-electron chi connectivity index (χ1n) is 5.35. The van der Waals surface area contributed by atoms with Crippen LogP contribution in [-0.4, -0.2) is 24.2 Å². The summed E-state index contributed by atoms with van der Waals surface area (Å²) < 4.78 is 4.77. The van der Waals surface area contributed by atoms with Gasteiger partial charge in [-0.1, -0.05) is 12.1 Å². The molecule has 0 saturated heterocycles.